The van der Waals surface area contributed by atoms with Crippen molar-refractivity contribution in [3.05, 3.63) is 0 Å². The van der Waals surface area contributed by atoms with Crippen molar-refractivity contribution in [2.75, 3.05) is 19.7 Å². The summed E-state index contributed by atoms with van der Waals surface area (Å²) in [5, 5.41) is 12.3. The third-order valence-electron chi connectivity index (χ3n) is 2.93. The first kappa shape index (κ1) is 14.9. The molecule has 0 radical (unpaired) electrons. The first-order chi connectivity index (χ1) is 7.24. The smallest absolute Gasteiger partial charge is 0.0431 e. The van der Waals surface area contributed by atoms with Crippen molar-refractivity contribution < 1.29 is 5.11 Å². The molecule has 0 amide bonds. The van der Waals surface area contributed by atoms with Crippen molar-refractivity contribution in [3.8, 4) is 0 Å². The van der Waals surface area contributed by atoms with Crippen LogP contribution in [0.25, 0.3) is 0 Å². The molecule has 0 aromatic heterocycles. The van der Waals surface area contributed by atoms with Gasteiger partial charge in [-0.15, -0.1) is 0 Å². The van der Waals surface area contributed by atoms with Gasteiger partial charge in [0.2, 0.25) is 0 Å². The molecule has 0 bridgehead atoms. The Morgan fingerprint density at radius 2 is 1.73 bits per heavy atom. The first-order valence-electron chi connectivity index (χ1n) is 6.30. The van der Waals surface area contributed by atoms with Crippen LogP contribution in [0.5, 0.6) is 0 Å². The maximum Gasteiger partial charge on any atom is 0.0431 e. The number of unbranched alkanes of at least 4 members (excludes halogenated alkanes) is 1. The Labute approximate surface area is 94.4 Å². The molecule has 0 saturated carbocycles. The lowest BCUT2D eigenvalue weighted by atomic mass is 9.88. The average Bonchev–Trinajstić information content (AvgIpc) is 2.25. The molecular formula is C12H28N2O. The van der Waals surface area contributed by atoms with Crippen molar-refractivity contribution in [1.29, 1.82) is 0 Å². The van der Waals surface area contributed by atoms with E-state index in [1.165, 1.54) is 12.8 Å². The summed E-state index contributed by atoms with van der Waals surface area (Å²) in [6.07, 6.45) is 6.55. The molecule has 3 nitrogen and oxygen atoms in total. The number of hydrogen-bond donors (Lipinski definition) is 3. The standard InChI is InChI=1S/C12H28N2O/c1-3-7-12(11-13,8-4-2)14-9-5-6-10-15/h14-15H,3-11,13H2,1-2H3. The van der Waals surface area contributed by atoms with Gasteiger partial charge in [-0.05, 0) is 32.2 Å². The molecule has 0 aromatic carbocycles. The van der Waals surface area contributed by atoms with Gasteiger partial charge in [0.05, 0.1) is 0 Å². The Balaban J connectivity index is 3.96. The maximum absolute atomic E-state index is 8.71. The molecule has 3 heteroatoms. The molecule has 4 N–H and O–H groups in total. The van der Waals surface area contributed by atoms with Crippen LogP contribution in [0.15, 0.2) is 0 Å². The van der Waals surface area contributed by atoms with Gasteiger partial charge in [-0.25, -0.2) is 0 Å². The van der Waals surface area contributed by atoms with Gasteiger partial charge in [-0.1, -0.05) is 26.7 Å². The Hall–Kier alpha value is -0.120. The number of hydrogen-bond acceptors (Lipinski definition) is 3. The Morgan fingerprint density at radius 1 is 1.13 bits per heavy atom. The first-order valence-corrected chi connectivity index (χ1v) is 6.30. The third kappa shape index (κ3) is 6.13. The van der Waals surface area contributed by atoms with Crippen LogP contribution in [0, 0.1) is 0 Å². The fourth-order valence-corrected chi connectivity index (χ4v) is 2.13. The minimum atomic E-state index is 0.138. The largest absolute Gasteiger partial charge is 0.396 e. The van der Waals surface area contributed by atoms with Crippen LogP contribution in [0.4, 0.5) is 0 Å². The molecule has 15 heavy (non-hydrogen) atoms. The molecule has 0 atom stereocenters. The summed E-state index contributed by atoms with van der Waals surface area (Å²) in [4.78, 5) is 0. The van der Waals surface area contributed by atoms with E-state index in [1.807, 2.05) is 0 Å². The Bertz CT molecular complexity index is 134. The van der Waals surface area contributed by atoms with Gasteiger partial charge in [0, 0.05) is 18.7 Å². The molecule has 0 saturated heterocycles. The van der Waals surface area contributed by atoms with Crippen LogP contribution >= 0.6 is 0 Å². The molecule has 0 aliphatic carbocycles. The molecule has 0 spiro atoms. The highest BCUT2D eigenvalue weighted by Gasteiger charge is 2.25. The van der Waals surface area contributed by atoms with Gasteiger partial charge < -0.3 is 16.2 Å². The fourth-order valence-electron chi connectivity index (χ4n) is 2.13. The highest BCUT2D eigenvalue weighted by Crippen LogP contribution is 2.18. The molecule has 0 rings (SSSR count). The van der Waals surface area contributed by atoms with E-state index in [1.54, 1.807) is 0 Å². The van der Waals surface area contributed by atoms with Gasteiger partial charge in [0.1, 0.15) is 0 Å². The van der Waals surface area contributed by atoms with E-state index in [0.717, 1.165) is 32.2 Å². The summed E-state index contributed by atoms with van der Waals surface area (Å²) < 4.78 is 0. The molecule has 0 unspecified atom stereocenters. The zero-order valence-corrected chi connectivity index (χ0v) is 10.4. The van der Waals surface area contributed by atoms with Crippen molar-refractivity contribution in [3.63, 3.8) is 0 Å². The summed E-state index contributed by atoms with van der Waals surface area (Å²) >= 11 is 0. The minimum absolute atomic E-state index is 0.138. The number of rotatable bonds is 10. The van der Waals surface area contributed by atoms with E-state index < -0.39 is 0 Å². The second-order valence-electron chi connectivity index (χ2n) is 4.34. The number of aliphatic hydroxyl groups is 1. The number of nitrogens with two attached hydrogens (primary N) is 1. The quantitative estimate of drug-likeness (QED) is 0.487. The van der Waals surface area contributed by atoms with Crippen LogP contribution in [-0.4, -0.2) is 30.3 Å². The van der Waals surface area contributed by atoms with Crippen molar-refractivity contribution in [1.82, 2.24) is 5.32 Å². The molecule has 0 fully saturated rings. The van der Waals surface area contributed by atoms with Crippen LogP contribution in [0.2, 0.25) is 0 Å². The number of aliphatic hydroxyl groups excluding tert-OH is 1. The SMILES string of the molecule is CCCC(CN)(CCC)NCCCCO. The van der Waals surface area contributed by atoms with Crippen LogP contribution < -0.4 is 11.1 Å². The topological polar surface area (TPSA) is 58.3 Å². The zero-order valence-electron chi connectivity index (χ0n) is 10.4. The Kier molecular flexibility index (Phi) is 9.06. The summed E-state index contributed by atoms with van der Waals surface area (Å²) in [7, 11) is 0. The predicted octanol–water partition coefficient (Wildman–Crippen LogP) is 1.65. The van der Waals surface area contributed by atoms with Gasteiger partial charge in [0.25, 0.3) is 0 Å². The highest BCUT2D eigenvalue weighted by molar-refractivity contribution is 4.88. The molecule has 0 aliphatic rings. The van der Waals surface area contributed by atoms with E-state index in [9.17, 15) is 0 Å². The summed E-state index contributed by atoms with van der Waals surface area (Å²) in [6.45, 7) is 6.38. The molecular weight excluding hydrogens is 188 g/mol. The van der Waals surface area contributed by atoms with Crippen LogP contribution in [0.1, 0.15) is 52.4 Å². The zero-order chi connectivity index (χ0) is 11.6. The summed E-state index contributed by atoms with van der Waals surface area (Å²) in [5.41, 5.74) is 6.02. The molecule has 92 valence electrons. The molecule has 0 aliphatic heterocycles. The molecule has 0 heterocycles. The highest BCUT2D eigenvalue weighted by atomic mass is 16.2. The maximum atomic E-state index is 8.71. The lowest BCUT2D eigenvalue weighted by molar-refractivity contribution is 0.260. The van der Waals surface area contributed by atoms with Gasteiger partial charge in [-0.2, -0.15) is 0 Å². The summed E-state index contributed by atoms with van der Waals surface area (Å²) in [6, 6.07) is 0. The van der Waals surface area contributed by atoms with Gasteiger partial charge in [0.15, 0.2) is 0 Å². The van der Waals surface area contributed by atoms with Crippen molar-refractivity contribution in [2.45, 2.75) is 57.9 Å². The van der Waals surface area contributed by atoms with E-state index in [2.05, 4.69) is 19.2 Å². The lowest BCUT2D eigenvalue weighted by Crippen LogP contribution is -2.51. The average molecular weight is 216 g/mol. The van der Waals surface area contributed by atoms with E-state index in [-0.39, 0.29) is 5.54 Å². The van der Waals surface area contributed by atoms with Crippen LogP contribution in [0.3, 0.4) is 0 Å². The normalized spacial score (nSPS) is 12.0. The van der Waals surface area contributed by atoms with Crippen molar-refractivity contribution in [2.24, 2.45) is 5.73 Å². The fraction of sp³-hybridized carbons (Fsp3) is 1.00. The second-order valence-corrected chi connectivity index (χ2v) is 4.34. The van der Waals surface area contributed by atoms with Gasteiger partial charge >= 0.3 is 0 Å². The van der Waals surface area contributed by atoms with E-state index in [4.69, 9.17) is 10.8 Å². The number of nitrogens with one attached hydrogen (secondary N) is 1. The summed E-state index contributed by atoms with van der Waals surface area (Å²) in [5.74, 6) is 0. The van der Waals surface area contributed by atoms with Crippen LogP contribution in [-0.2, 0) is 0 Å². The monoisotopic (exact) mass is 216 g/mol. The lowest BCUT2D eigenvalue weighted by Gasteiger charge is -2.33. The molecule has 0 aromatic rings. The van der Waals surface area contributed by atoms with E-state index in [0.29, 0.717) is 13.2 Å². The minimum Gasteiger partial charge on any atom is -0.396 e. The van der Waals surface area contributed by atoms with Crippen molar-refractivity contribution >= 4 is 0 Å². The predicted molar refractivity (Wildman–Crippen MR) is 65.9 cm³/mol. The third-order valence-corrected chi connectivity index (χ3v) is 2.93. The Morgan fingerprint density at radius 3 is 2.13 bits per heavy atom. The van der Waals surface area contributed by atoms with Gasteiger partial charge in [-0.3, -0.25) is 0 Å². The second kappa shape index (κ2) is 9.13. The van der Waals surface area contributed by atoms with E-state index >= 15 is 0 Å².